The van der Waals surface area contributed by atoms with Crippen LogP contribution in [0.1, 0.15) is 18.4 Å². The fourth-order valence-corrected chi connectivity index (χ4v) is 4.11. The predicted octanol–water partition coefficient (Wildman–Crippen LogP) is 3.82. The van der Waals surface area contributed by atoms with Gasteiger partial charge in [-0.25, -0.2) is 9.97 Å². The zero-order chi connectivity index (χ0) is 22.5. The number of ether oxygens (including phenoxy) is 1. The number of fused-ring (bicyclic) bond motifs is 1. The normalized spacial score (nSPS) is 14.6. The number of halogens is 2. The van der Waals surface area contributed by atoms with Gasteiger partial charge >= 0.3 is 6.61 Å². The Morgan fingerprint density at radius 1 is 1.16 bits per heavy atom. The van der Waals surface area contributed by atoms with Gasteiger partial charge in [0.05, 0.1) is 16.6 Å². The number of aromatic nitrogens is 4. The number of carbonyl (C=O) groups excluding carboxylic acids is 1. The highest BCUT2D eigenvalue weighted by molar-refractivity contribution is 5.99. The van der Waals surface area contributed by atoms with Crippen molar-refractivity contribution in [3.05, 3.63) is 60.6 Å². The Bertz CT molecular complexity index is 1330. The molecule has 0 bridgehead atoms. The van der Waals surface area contributed by atoms with Crippen molar-refractivity contribution in [2.45, 2.75) is 24.9 Å². The molecule has 0 saturated heterocycles. The number of rotatable bonds is 6. The van der Waals surface area contributed by atoms with Crippen LogP contribution in [-0.4, -0.2) is 32.3 Å². The second-order valence-corrected chi connectivity index (χ2v) is 7.84. The summed E-state index contributed by atoms with van der Waals surface area (Å²) in [5.41, 5.74) is 8.31. The maximum Gasteiger partial charge on any atom is 0.387 e. The summed E-state index contributed by atoms with van der Waals surface area (Å²) in [7, 11) is 1.81. The van der Waals surface area contributed by atoms with E-state index in [0.29, 0.717) is 35.0 Å². The standard InChI is InChI=1S/C23H19F2N5O2/c1-30-11-15(19(29-30)13-5-3-2-4-6-13)20-14-9-16(23(7-8-23)21(26)31)18(32-22(24)25)10-17(14)27-12-28-20/h2-6,9-12,22H,7-8H2,1H3,(H2,26,31). The highest BCUT2D eigenvalue weighted by Gasteiger charge is 2.52. The smallest absolute Gasteiger partial charge is 0.387 e. The number of aryl methyl sites for hydroxylation is 1. The number of hydrogen-bond donors (Lipinski definition) is 1. The van der Waals surface area contributed by atoms with Gasteiger partial charge in [0.15, 0.2) is 0 Å². The van der Waals surface area contributed by atoms with E-state index in [2.05, 4.69) is 15.1 Å². The molecule has 7 nitrogen and oxygen atoms in total. The number of benzene rings is 2. The summed E-state index contributed by atoms with van der Waals surface area (Å²) < 4.78 is 32.7. The summed E-state index contributed by atoms with van der Waals surface area (Å²) in [5.74, 6) is -0.663. The van der Waals surface area contributed by atoms with Gasteiger partial charge in [0, 0.05) is 41.4 Å². The molecule has 1 aliphatic carbocycles. The molecular weight excluding hydrogens is 416 g/mol. The lowest BCUT2D eigenvalue weighted by atomic mass is 9.91. The third-order valence-electron chi connectivity index (χ3n) is 5.82. The highest BCUT2D eigenvalue weighted by Crippen LogP contribution is 2.52. The summed E-state index contributed by atoms with van der Waals surface area (Å²) in [6.07, 6.45) is 4.15. The monoisotopic (exact) mass is 435 g/mol. The van der Waals surface area contributed by atoms with Crippen molar-refractivity contribution in [2.75, 3.05) is 0 Å². The first-order valence-corrected chi connectivity index (χ1v) is 10.0. The first-order valence-electron chi connectivity index (χ1n) is 10.0. The average Bonchev–Trinajstić information content (AvgIpc) is 3.49. The van der Waals surface area contributed by atoms with E-state index in [9.17, 15) is 13.6 Å². The Kier molecular flexibility index (Phi) is 4.61. The van der Waals surface area contributed by atoms with Crippen molar-refractivity contribution in [2.24, 2.45) is 12.8 Å². The van der Waals surface area contributed by atoms with Crippen LogP contribution in [-0.2, 0) is 17.3 Å². The van der Waals surface area contributed by atoms with Gasteiger partial charge in [-0.3, -0.25) is 9.48 Å². The lowest BCUT2D eigenvalue weighted by molar-refractivity contribution is -0.120. The van der Waals surface area contributed by atoms with E-state index < -0.39 is 17.9 Å². The fraction of sp³-hybridized carbons (Fsp3) is 0.217. The van der Waals surface area contributed by atoms with Crippen LogP contribution in [0.15, 0.2) is 55.0 Å². The molecule has 2 aromatic carbocycles. The minimum Gasteiger partial charge on any atom is -0.434 e. The van der Waals surface area contributed by atoms with Crippen LogP contribution in [0.3, 0.4) is 0 Å². The summed E-state index contributed by atoms with van der Waals surface area (Å²) in [6.45, 7) is -3.04. The van der Waals surface area contributed by atoms with Gasteiger partial charge in [0.1, 0.15) is 17.8 Å². The molecule has 2 aromatic heterocycles. The summed E-state index contributed by atoms with van der Waals surface area (Å²) in [6, 6.07) is 12.7. The predicted molar refractivity (Wildman–Crippen MR) is 114 cm³/mol. The van der Waals surface area contributed by atoms with E-state index in [1.807, 2.05) is 43.6 Å². The second-order valence-electron chi connectivity index (χ2n) is 7.84. The molecule has 1 fully saturated rings. The first-order chi connectivity index (χ1) is 15.4. The lowest BCUT2D eigenvalue weighted by Crippen LogP contribution is -2.29. The number of nitrogens with two attached hydrogens (primary N) is 1. The van der Waals surface area contributed by atoms with Crippen molar-refractivity contribution in [1.82, 2.24) is 19.7 Å². The summed E-state index contributed by atoms with van der Waals surface area (Å²) >= 11 is 0. The minimum absolute atomic E-state index is 0.0945. The van der Waals surface area contributed by atoms with Crippen LogP contribution >= 0.6 is 0 Å². The Morgan fingerprint density at radius 3 is 2.56 bits per heavy atom. The molecule has 1 saturated carbocycles. The van der Waals surface area contributed by atoms with Crippen LogP contribution < -0.4 is 10.5 Å². The molecule has 4 aromatic rings. The van der Waals surface area contributed by atoms with Crippen LogP contribution in [0.2, 0.25) is 0 Å². The number of nitrogens with zero attached hydrogens (tertiary/aromatic N) is 4. The summed E-state index contributed by atoms with van der Waals surface area (Å²) in [5, 5.41) is 5.19. The van der Waals surface area contributed by atoms with Crippen LogP contribution in [0.5, 0.6) is 5.75 Å². The summed E-state index contributed by atoms with van der Waals surface area (Å²) in [4.78, 5) is 20.9. The third-order valence-corrected chi connectivity index (χ3v) is 5.82. The SMILES string of the molecule is Cn1cc(-c2ncnc3cc(OC(F)F)c(C4(C(N)=O)CC4)cc23)c(-c2ccccc2)n1. The molecule has 9 heteroatoms. The minimum atomic E-state index is -3.04. The fourth-order valence-electron chi connectivity index (χ4n) is 4.11. The van der Waals surface area contributed by atoms with Gasteiger partial charge < -0.3 is 10.5 Å². The molecule has 32 heavy (non-hydrogen) atoms. The molecule has 0 aliphatic heterocycles. The Hall–Kier alpha value is -3.88. The molecule has 2 N–H and O–H groups in total. The largest absolute Gasteiger partial charge is 0.434 e. The Labute approximate surface area is 181 Å². The second kappa shape index (κ2) is 7.37. The number of carbonyl (C=O) groups is 1. The van der Waals surface area contributed by atoms with E-state index in [0.717, 1.165) is 16.8 Å². The van der Waals surface area contributed by atoms with Crippen molar-refractivity contribution in [3.63, 3.8) is 0 Å². The van der Waals surface area contributed by atoms with Crippen LogP contribution in [0, 0.1) is 0 Å². The topological polar surface area (TPSA) is 95.9 Å². The number of primary amides is 1. The van der Waals surface area contributed by atoms with Gasteiger partial charge in [-0.15, -0.1) is 0 Å². The highest BCUT2D eigenvalue weighted by atomic mass is 19.3. The quantitative estimate of drug-likeness (QED) is 0.497. The van der Waals surface area contributed by atoms with E-state index >= 15 is 0 Å². The molecule has 0 unspecified atom stereocenters. The van der Waals surface area contributed by atoms with Gasteiger partial charge in [-0.05, 0) is 18.9 Å². The van der Waals surface area contributed by atoms with Gasteiger partial charge in [-0.1, -0.05) is 30.3 Å². The molecule has 0 radical (unpaired) electrons. The van der Waals surface area contributed by atoms with Gasteiger partial charge in [0.2, 0.25) is 5.91 Å². The number of hydrogen-bond acceptors (Lipinski definition) is 5. The van der Waals surface area contributed by atoms with Crippen molar-refractivity contribution < 1.29 is 18.3 Å². The molecule has 2 heterocycles. The zero-order valence-corrected chi connectivity index (χ0v) is 17.1. The molecule has 5 rings (SSSR count). The molecule has 162 valence electrons. The molecule has 1 aliphatic rings. The van der Waals surface area contributed by atoms with Crippen LogP contribution in [0.25, 0.3) is 33.4 Å². The van der Waals surface area contributed by atoms with E-state index in [4.69, 9.17) is 10.5 Å². The van der Waals surface area contributed by atoms with E-state index in [1.54, 1.807) is 10.7 Å². The molecule has 0 atom stereocenters. The van der Waals surface area contributed by atoms with Crippen molar-refractivity contribution in [3.8, 4) is 28.3 Å². The first kappa shape index (κ1) is 20.0. The maximum atomic E-state index is 13.1. The van der Waals surface area contributed by atoms with E-state index in [1.165, 1.54) is 12.4 Å². The Morgan fingerprint density at radius 2 is 1.91 bits per heavy atom. The van der Waals surface area contributed by atoms with Crippen molar-refractivity contribution >= 4 is 16.8 Å². The average molecular weight is 435 g/mol. The molecule has 1 amide bonds. The Balaban J connectivity index is 1.76. The van der Waals surface area contributed by atoms with Crippen LogP contribution in [0.4, 0.5) is 8.78 Å². The number of amides is 1. The van der Waals surface area contributed by atoms with Crippen molar-refractivity contribution in [1.29, 1.82) is 0 Å². The number of alkyl halides is 2. The lowest BCUT2D eigenvalue weighted by Gasteiger charge is -2.18. The van der Waals surface area contributed by atoms with E-state index in [-0.39, 0.29) is 5.75 Å². The van der Waals surface area contributed by atoms with Gasteiger partial charge in [0.25, 0.3) is 0 Å². The third kappa shape index (κ3) is 3.26. The van der Waals surface area contributed by atoms with Gasteiger partial charge in [-0.2, -0.15) is 13.9 Å². The maximum absolute atomic E-state index is 13.1. The zero-order valence-electron chi connectivity index (χ0n) is 17.1. The molecule has 0 spiro atoms. The molecular formula is C23H19F2N5O2.